The molecular formula is C22H21N3O6. The molecule has 0 unspecified atom stereocenters. The van der Waals surface area contributed by atoms with Gasteiger partial charge in [0.2, 0.25) is 13.6 Å². The van der Waals surface area contributed by atoms with E-state index in [2.05, 4.69) is 9.88 Å². The SMILES string of the molecule is O=c1nc(-c2ccc3c(c2)OCO3)c2cc3c(cc2n1CCN1CCOCC1)OCO3. The lowest BCUT2D eigenvalue weighted by Gasteiger charge is -2.27. The molecule has 0 spiro atoms. The number of aromatic nitrogens is 2. The zero-order valence-electron chi connectivity index (χ0n) is 16.8. The highest BCUT2D eigenvalue weighted by molar-refractivity contribution is 5.95. The molecular weight excluding hydrogens is 402 g/mol. The molecule has 0 aliphatic carbocycles. The van der Waals surface area contributed by atoms with Gasteiger partial charge in [-0.25, -0.2) is 4.79 Å². The summed E-state index contributed by atoms with van der Waals surface area (Å²) in [5.74, 6) is 2.61. The highest BCUT2D eigenvalue weighted by atomic mass is 16.7. The topological polar surface area (TPSA) is 84.3 Å². The monoisotopic (exact) mass is 423 g/mol. The van der Waals surface area contributed by atoms with Crippen LogP contribution in [-0.2, 0) is 11.3 Å². The molecule has 0 amide bonds. The van der Waals surface area contributed by atoms with Crippen LogP contribution in [0.1, 0.15) is 0 Å². The van der Waals surface area contributed by atoms with Crippen LogP contribution in [0.3, 0.4) is 0 Å². The van der Waals surface area contributed by atoms with Crippen LogP contribution < -0.4 is 24.6 Å². The molecule has 3 aliphatic rings. The molecule has 4 heterocycles. The van der Waals surface area contributed by atoms with E-state index in [9.17, 15) is 4.79 Å². The van der Waals surface area contributed by atoms with Crippen molar-refractivity contribution in [2.45, 2.75) is 6.54 Å². The first-order valence-electron chi connectivity index (χ1n) is 10.3. The van der Waals surface area contributed by atoms with Crippen molar-refractivity contribution >= 4 is 10.9 Å². The van der Waals surface area contributed by atoms with E-state index in [1.807, 2.05) is 30.3 Å². The third-order valence-electron chi connectivity index (χ3n) is 5.86. The predicted molar refractivity (Wildman–Crippen MR) is 111 cm³/mol. The van der Waals surface area contributed by atoms with Gasteiger partial charge in [0.1, 0.15) is 0 Å². The van der Waals surface area contributed by atoms with Crippen molar-refractivity contribution in [1.29, 1.82) is 0 Å². The molecule has 160 valence electrons. The Hall–Kier alpha value is -3.30. The van der Waals surface area contributed by atoms with Crippen molar-refractivity contribution in [2.75, 3.05) is 46.4 Å². The molecule has 6 rings (SSSR count). The second-order valence-electron chi connectivity index (χ2n) is 7.64. The van der Waals surface area contributed by atoms with Gasteiger partial charge in [-0.15, -0.1) is 0 Å². The molecule has 0 N–H and O–H groups in total. The Balaban J connectivity index is 1.47. The van der Waals surface area contributed by atoms with Crippen molar-refractivity contribution in [2.24, 2.45) is 0 Å². The largest absolute Gasteiger partial charge is 0.454 e. The first kappa shape index (κ1) is 18.5. The van der Waals surface area contributed by atoms with Crippen LogP contribution >= 0.6 is 0 Å². The van der Waals surface area contributed by atoms with E-state index in [0.29, 0.717) is 35.2 Å². The van der Waals surface area contributed by atoms with Crippen molar-refractivity contribution < 1.29 is 23.7 Å². The summed E-state index contributed by atoms with van der Waals surface area (Å²) >= 11 is 0. The van der Waals surface area contributed by atoms with E-state index >= 15 is 0 Å². The molecule has 0 bridgehead atoms. The molecule has 2 aromatic carbocycles. The maximum Gasteiger partial charge on any atom is 0.348 e. The first-order valence-corrected chi connectivity index (χ1v) is 10.3. The lowest BCUT2D eigenvalue weighted by Crippen LogP contribution is -2.39. The van der Waals surface area contributed by atoms with Gasteiger partial charge in [-0.1, -0.05) is 0 Å². The number of hydrogen-bond donors (Lipinski definition) is 0. The van der Waals surface area contributed by atoms with E-state index in [-0.39, 0.29) is 19.3 Å². The lowest BCUT2D eigenvalue weighted by atomic mass is 10.0. The van der Waals surface area contributed by atoms with E-state index < -0.39 is 0 Å². The van der Waals surface area contributed by atoms with Crippen molar-refractivity contribution in [3.63, 3.8) is 0 Å². The van der Waals surface area contributed by atoms with Crippen LogP contribution in [0, 0.1) is 0 Å². The number of nitrogens with zero attached hydrogens (tertiary/aromatic N) is 3. The van der Waals surface area contributed by atoms with E-state index in [4.69, 9.17) is 23.7 Å². The van der Waals surface area contributed by atoms with Gasteiger partial charge in [-0.2, -0.15) is 4.98 Å². The fourth-order valence-electron chi connectivity index (χ4n) is 4.21. The predicted octanol–water partition coefficient (Wildman–Crippen LogP) is 1.85. The molecule has 9 nitrogen and oxygen atoms in total. The molecule has 0 radical (unpaired) electrons. The van der Waals surface area contributed by atoms with Gasteiger partial charge in [0.05, 0.1) is 24.4 Å². The van der Waals surface area contributed by atoms with Gasteiger partial charge < -0.3 is 23.7 Å². The summed E-state index contributed by atoms with van der Waals surface area (Å²) in [7, 11) is 0. The molecule has 0 atom stereocenters. The number of hydrogen-bond acceptors (Lipinski definition) is 8. The Morgan fingerprint density at radius 2 is 1.55 bits per heavy atom. The summed E-state index contributed by atoms with van der Waals surface area (Å²) in [6.07, 6.45) is 0. The number of morpholine rings is 1. The average Bonchev–Trinajstić information content (AvgIpc) is 3.46. The van der Waals surface area contributed by atoms with Gasteiger partial charge in [-0.05, 0) is 24.3 Å². The van der Waals surface area contributed by atoms with Gasteiger partial charge in [-0.3, -0.25) is 9.47 Å². The number of fused-ring (bicyclic) bond motifs is 3. The van der Waals surface area contributed by atoms with E-state index in [1.165, 1.54) is 0 Å². The molecule has 1 aromatic heterocycles. The number of benzene rings is 2. The number of rotatable bonds is 4. The molecule has 3 aromatic rings. The summed E-state index contributed by atoms with van der Waals surface area (Å²) in [6.45, 7) is 4.79. The Bertz CT molecular complexity index is 1220. The summed E-state index contributed by atoms with van der Waals surface area (Å²) in [4.78, 5) is 19.9. The minimum atomic E-state index is -0.299. The van der Waals surface area contributed by atoms with Gasteiger partial charge in [0.15, 0.2) is 23.0 Å². The maximum atomic E-state index is 13.1. The summed E-state index contributed by atoms with van der Waals surface area (Å²) in [5.41, 5.74) is 1.84. The molecule has 1 saturated heterocycles. The van der Waals surface area contributed by atoms with E-state index in [1.54, 1.807) is 4.57 Å². The Labute approximate surface area is 177 Å². The third kappa shape index (κ3) is 3.26. The molecule has 1 fully saturated rings. The second-order valence-corrected chi connectivity index (χ2v) is 7.64. The molecule has 0 saturated carbocycles. The highest BCUT2D eigenvalue weighted by Crippen LogP contribution is 2.40. The Morgan fingerprint density at radius 1 is 0.839 bits per heavy atom. The fraction of sp³-hybridized carbons (Fsp3) is 0.364. The van der Waals surface area contributed by atoms with Gasteiger partial charge >= 0.3 is 5.69 Å². The normalized spacial score (nSPS) is 17.4. The van der Waals surface area contributed by atoms with Crippen molar-refractivity contribution in [3.8, 4) is 34.3 Å². The van der Waals surface area contributed by atoms with Crippen LogP contribution in [0.5, 0.6) is 23.0 Å². The Kier molecular flexibility index (Phi) is 4.43. The maximum absolute atomic E-state index is 13.1. The van der Waals surface area contributed by atoms with Crippen LogP contribution in [0.25, 0.3) is 22.2 Å². The zero-order chi connectivity index (χ0) is 20.8. The van der Waals surface area contributed by atoms with Gasteiger partial charge in [0.25, 0.3) is 0 Å². The average molecular weight is 423 g/mol. The highest BCUT2D eigenvalue weighted by Gasteiger charge is 2.22. The summed E-state index contributed by atoms with van der Waals surface area (Å²) in [6, 6.07) is 9.34. The summed E-state index contributed by atoms with van der Waals surface area (Å²) in [5, 5.41) is 0.824. The fourth-order valence-corrected chi connectivity index (χ4v) is 4.21. The van der Waals surface area contributed by atoms with Gasteiger partial charge in [0, 0.05) is 43.2 Å². The third-order valence-corrected chi connectivity index (χ3v) is 5.86. The van der Waals surface area contributed by atoms with E-state index in [0.717, 1.165) is 49.3 Å². The minimum Gasteiger partial charge on any atom is -0.454 e. The second kappa shape index (κ2) is 7.44. The number of ether oxygens (including phenoxy) is 5. The van der Waals surface area contributed by atoms with Crippen LogP contribution in [-0.4, -0.2) is 60.9 Å². The lowest BCUT2D eigenvalue weighted by molar-refractivity contribution is 0.0364. The van der Waals surface area contributed by atoms with Crippen molar-refractivity contribution in [3.05, 3.63) is 40.8 Å². The molecule has 31 heavy (non-hydrogen) atoms. The quantitative estimate of drug-likeness (QED) is 0.629. The van der Waals surface area contributed by atoms with Crippen LogP contribution in [0.2, 0.25) is 0 Å². The zero-order valence-corrected chi connectivity index (χ0v) is 16.8. The first-order chi connectivity index (χ1) is 15.3. The molecule has 9 heteroatoms. The Morgan fingerprint density at radius 3 is 2.35 bits per heavy atom. The standard InChI is InChI=1S/C22H21N3O6/c26-22-23-21(14-1-2-17-18(9-14)29-12-28-17)15-10-19-20(31-13-30-19)11-16(15)25(22)4-3-24-5-7-27-8-6-24/h1-2,9-11H,3-8,12-13H2. The smallest absolute Gasteiger partial charge is 0.348 e. The minimum absolute atomic E-state index is 0.163. The van der Waals surface area contributed by atoms with Crippen LogP contribution in [0.15, 0.2) is 35.1 Å². The van der Waals surface area contributed by atoms with Crippen molar-refractivity contribution in [1.82, 2.24) is 14.5 Å². The molecule has 3 aliphatic heterocycles. The van der Waals surface area contributed by atoms with Crippen LogP contribution in [0.4, 0.5) is 0 Å². The summed E-state index contributed by atoms with van der Waals surface area (Å²) < 4.78 is 29.2.